The molecule has 0 spiro atoms. The number of aryl methyl sites for hydroxylation is 1. The van der Waals surface area contributed by atoms with E-state index in [0.29, 0.717) is 5.69 Å². The third-order valence-corrected chi connectivity index (χ3v) is 6.42. The smallest absolute Gasteiger partial charge is 0.243 e. The highest BCUT2D eigenvalue weighted by molar-refractivity contribution is 7.89. The van der Waals surface area contributed by atoms with Crippen molar-refractivity contribution in [1.82, 2.24) is 4.31 Å². The van der Waals surface area contributed by atoms with Gasteiger partial charge in [0.15, 0.2) is 0 Å². The van der Waals surface area contributed by atoms with Gasteiger partial charge in [-0.1, -0.05) is 0 Å². The predicted octanol–water partition coefficient (Wildman–Crippen LogP) is 1.03. The van der Waals surface area contributed by atoms with E-state index >= 15 is 0 Å². The number of rotatable bonds is 3. The van der Waals surface area contributed by atoms with Crippen LogP contribution in [0.2, 0.25) is 0 Å². The number of anilines is 1. The zero-order valence-corrected chi connectivity index (χ0v) is 12.6. The van der Waals surface area contributed by atoms with Crippen LogP contribution in [0.1, 0.15) is 24.0 Å². The van der Waals surface area contributed by atoms with Gasteiger partial charge in [-0.3, -0.25) is 0 Å². The third kappa shape index (κ3) is 2.03. The van der Waals surface area contributed by atoms with Gasteiger partial charge in [0.2, 0.25) is 10.0 Å². The molecule has 1 aliphatic heterocycles. The Bertz CT molecular complexity index is 659. The number of aliphatic hydroxyl groups is 1. The maximum atomic E-state index is 12.6. The first-order valence-electron chi connectivity index (χ1n) is 6.83. The summed E-state index contributed by atoms with van der Waals surface area (Å²) in [4.78, 5) is 0.257. The molecular formula is C14H20N2O3S. The molecule has 0 amide bonds. The van der Waals surface area contributed by atoms with E-state index < -0.39 is 15.6 Å². The Morgan fingerprint density at radius 1 is 1.30 bits per heavy atom. The van der Waals surface area contributed by atoms with Crippen LogP contribution in [0.5, 0.6) is 0 Å². The largest absolute Gasteiger partial charge is 0.399 e. The number of nitrogen functional groups attached to an aromatic ring is 1. The molecule has 0 bridgehead atoms. The first-order valence-corrected chi connectivity index (χ1v) is 8.27. The Morgan fingerprint density at radius 3 is 2.45 bits per heavy atom. The summed E-state index contributed by atoms with van der Waals surface area (Å²) in [5.74, 6) is 0.276. The summed E-state index contributed by atoms with van der Waals surface area (Å²) in [6, 6.07) is 3.27. The standard InChI is InChI=1S/C14H20N2O3S/c1-9-5-12(15)6-13(10(9)2)20(18,19)16-7-14(17,8-16)11-3-4-11/h5-6,11,17H,3-4,7-8,15H2,1-2H3. The molecule has 2 aliphatic rings. The zero-order valence-electron chi connectivity index (χ0n) is 11.8. The van der Waals surface area contributed by atoms with Crippen LogP contribution in [-0.2, 0) is 10.0 Å². The Hall–Kier alpha value is -1.11. The van der Waals surface area contributed by atoms with E-state index in [4.69, 9.17) is 5.73 Å². The van der Waals surface area contributed by atoms with E-state index in [2.05, 4.69) is 0 Å². The van der Waals surface area contributed by atoms with Crippen LogP contribution in [0.4, 0.5) is 5.69 Å². The summed E-state index contributed by atoms with van der Waals surface area (Å²) in [5, 5.41) is 10.3. The fourth-order valence-corrected chi connectivity index (χ4v) is 4.77. The van der Waals surface area contributed by atoms with Crippen molar-refractivity contribution in [3.8, 4) is 0 Å². The minimum absolute atomic E-state index is 0.202. The Balaban J connectivity index is 1.90. The van der Waals surface area contributed by atoms with Gasteiger partial charge in [-0.25, -0.2) is 8.42 Å². The van der Waals surface area contributed by atoms with Crippen LogP contribution in [-0.4, -0.2) is 36.5 Å². The van der Waals surface area contributed by atoms with Crippen LogP contribution in [0, 0.1) is 19.8 Å². The molecule has 1 saturated heterocycles. The highest BCUT2D eigenvalue weighted by Crippen LogP contribution is 2.46. The van der Waals surface area contributed by atoms with Crippen LogP contribution >= 0.6 is 0 Å². The van der Waals surface area contributed by atoms with Gasteiger partial charge in [0.1, 0.15) is 0 Å². The van der Waals surface area contributed by atoms with E-state index in [1.165, 1.54) is 10.4 Å². The normalized spacial score (nSPS) is 22.6. The average Bonchev–Trinajstić information content (AvgIpc) is 3.13. The Kier molecular flexibility index (Phi) is 2.90. The third-order valence-electron chi connectivity index (χ3n) is 4.50. The van der Waals surface area contributed by atoms with Crippen LogP contribution in [0.25, 0.3) is 0 Å². The van der Waals surface area contributed by atoms with E-state index in [-0.39, 0.29) is 23.9 Å². The topological polar surface area (TPSA) is 83.6 Å². The number of sulfonamides is 1. The summed E-state index contributed by atoms with van der Waals surface area (Å²) in [5.41, 5.74) is 6.99. The van der Waals surface area contributed by atoms with Crippen molar-refractivity contribution in [2.75, 3.05) is 18.8 Å². The lowest BCUT2D eigenvalue weighted by Gasteiger charge is -2.46. The summed E-state index contributed by atoms with van der Waals surface area (Å²) in [6.07, 6.45) is 2.00. The zero-order chi connectivity index (χ0) is 14.7. The molecule has 20 heavy (non-hydrogen) atoms. The fraction of sp³-hybridized carbons (Fsp3) is 0.571. The molecule has 1 heterocycles. The minimum Gasteiger partial charge on any atom is -0.399 e. The maximum Gasteiger partial charge on any atom is 0.243 e. The summed E-state index contributed by atoms with van der Waals surface area (Å²) in [7, 11) is -3.56. The number of benzene rings is 1. The molecule has 0 atom stereocenters. The molecule has 1 aromatic carbocycles. The van der Waals surface area contributed by atoms with E-state index in [1.54, 1.807) is 13.0 Å². The van der Waals surface area contributed by atoms with Gasteiger partial charge >= 0.3 is 0 Å². The monoisotopic (exact) mass is 296 g/mol. The Labute approximate surface area is 119 Å². The molecule has 1 aliphatic carbocycles. The number of β-amino-alcohol motifs (C(OH)–C–C–N with tert-alkyl or cyclic N) is 1. The van der Waals surface area contributed by atoms with Crippen LogP contribution in [0.15, 0.2) is 17.0 Å². The predicted molar refractivity (Wildman–Crippen MR) is 76.8 cm³/mol. The summed E-state index contributed by atoms with van der Waals surface area (Å²) in [6.45, 7) is 4.04. The first-order chi connectivity index (χ1) is 9.24. The lowest BCUT2D eigenvalue weighted by atomic mass is 9.91. The average molecular weight is 296 g/mol. The van der Waals surface area contributed by atoms with Gasteiger partial charge in [0, 0.05) is 18.8 Å². The van der Waals surface area contributed by atoms with Gasteiger partial charge in [0.05, 0.1) is 10.5 Å². The summed E-state index contributed by atoms with van der Waals surface area (Å²) < 4.78 is 26.6. The van der Waals surface area contributed by atoms with Crippen molar-refractivity contribution in [1.29, 1.82) is 0 Å². The van der Waals surface area contributed by atoms with Gasteiger partial charge < -0.3 is 10.8 Å². The molecule has 3 N–H and O–H groups in total. The van der Waals surface area contributed by atoms with E-state index in [9.17, 15) is 13.5 Å². The quantitative estimate of drug-likeness (QED) is 0.816. The second-order valence-corrected chi connectivity index (χ2v) is 8.02. The minimum atomic E-state index is -3.56. The van der Waals surface area contributed by atoms with Crippen molar-refractivity contribution in [3.05, 3.63) is 23.3 Å². The molecule has 1 saturated carbocycles. The first kappa shape index (κ1) is 13.9. The van der Waals surface area contributed by atoms with Gasteiger partial charge in [0.25, 0.3) is 0 Å². The molecule has 5 nitrogen and oxygen atoms in total. The molecule has 2 fully saturated rings. The molecule has 3 rings (SSSR count). The molecule has 110 valence electrons. The molecule has 0 aromatic heterocycles. The van der Waals surface area contributed by atoms with Gasteiger partial charge in [-0.2, -0.15) is 4.31 Å². The van der Waals surface area contributed by atoms with Crippen molar-refractivity contribution < 1.29 is 13.5 Å². The number of hydrogen-bond acceptors (Lipinski definition) is 4. The second kappa shape index (κ2) is 4.19. The van der Waals surface area contributed by atoms with Crippen LogP contribution in [0.3, 0.4) is 0 Å². The number of nitrogens with zero attached hydrogens (tertiary/aromatic N) is 1. The number of nitrogens with two attached hydrogens (primary N) is 1. The maximum absolute atomic E-state index is 12.6. The van der Waals surface area contributed by atoms with Crippen LogP contribution < -0.4 is 5.73 Å². The van der Waals surface area contributed by atoms with E-state index in [1.807, 2.05) is 6.92 Å². The highest BCUT2D eigenvalue weighted by Gasteiger charge is 2.55. The number of hydrogen-bond donors (Lipinski definition) is 2. The van der Waals surface area contributed by atoms with E-state index in [0.717, 1.165) is 24.0 Å². The molecule has 0 radical (unpaired) electrons. The summed E-state index contributed by atoms with van der Waals surface area (Å²) >= 11 is 0. The SMILES string of the molecule is Cc1cc(N)cc(S(=O)(=O)N2CC(O)(C3CC3)C2)c1C. The molecular weight excluding hydrogens is 276 g/mol. The fourth-order valence-electron chi connectivity index (χ4n) is 2.87. The van der Waals surface area contributed by atoms with Crippen molar-refractivity contribution >= 4 is 15.7 Å². The van der Waals surface area contributed by atoms with Crippen molar-refractivity contribution in [2.45, 2.75) is 37.2 Å². The Morgan fingerprint density at radius 2 is 1.90 bits per heavy atom. The van der Waals surface area contributed by atoms with Crippen molar-refractivity contribution in [2.24, 2.45) is 5.92 Å². The lowest BCUT2D eigenvalue weighted by Crippen LogP contribution is -2.64. The lowest BCUT2D eigenvalue weighted by molar-refractivity contribution is -0.0764. The molecule has 6 heteroatoms. The second-order valence-electron chi connectivity index (χ2n) is 6.11. The molecule has 1 aromatic rings. The van der Waals surface area contributed by atoms with Gasteiger partial charge in [-0.15, -0.1) is 0 Å². The van der Waals surface area contributed by atoms with Crippen molar-refractivity contribution in [3.63, 3.8) is 0 Å². The molecule has 0 unspecified atom stereocenters. The highest BCUT2D eigenvalue weighted by atomic mass is 32.2. The van der Waals surface area contributed by atoms with Gasteiger partial charge in [-0.05, 0) is 55.9 Å².